The van der Waals surface area contributed by atoms with Crippen molar-refractivity contribution in [1.29, 1.82) is 0 Å². The van der Waals surface area contributed by atoms with E-state index in [0.29, 0.717) is 37.8 Å². The Morgan fingerprint density at radius 1 is 1.14 bits per heavy atom. The summed E-state index contributed by atoms with van der Waals surface area (Å²) in [4.78, 5) is 23.5. The molecule has 0 amide bonds. The van der Waals surface area contributed by atoms with Crippen LogP contribution >= 0.6 is 11.6 Å². The maximum absolute atomic E-state index is 12.8. The molecule has 0 radical (unpaired) electrons. The number of nitrogens with zero attached hydrogens (tertiary/aromatic N) is 5. The average Bonchev–Trinajstić information content (AvgIpc) is 2.51. The molecular weight excluding hydrogens is 299 g/mol. The molecule has 7 nitrogen and oxygen atoms in total. The molecule has 2 aromatic rings. The molecule has 2 aromatic heterocycles. The smallest absolute Gasteiger partial charge is 0.287 e. The van der Waals surface area contributed by atoms with E-state index >= 15 is 0 Å². The highest BCUT2D eigenvalue weighted by Gasteiger charge is 2.21. The third kappa shape index (κ3) is 2.94. The molecular formula is C12H12ClFN6O. The van der Waals surface area contributed by atoms with Crippen LogP contribution in [0.5, 0.6) is 0 Å². The van der Waals surface area contributed by atoms with Crippen LogP contribution in [0.2, 0.25) is 5.15 Å². The fourth-order valence-electron chi connectivity index (χ4n) is 2.22. The van der Waals surface area contributed by atoms with Crippen molar-refractivity contribution in [3.8, 4) is 0 Å². The van der Waals surface area contributed by atoms with Gasteiger partial charge < -0.3 is 9.80 Å². The van der Waals surface area contributed by atoms with Gasteiger partial charge in [0.1, 0.15) is 5.69 Å². The summed E-state index contributed by atoms with van der Waals surface area (Å²) in [6, 6.07) is 1.55. The second-order valence-corrected chi connectivity index (χ2v) is 4.97. The van der Waals surface area contributed by atoms with E-state index in [1.807, 2.05) is 9.80 Å². The number of H-pyrrole nitrogens is 1. The Hall–Kier alpha value is -2.22. The minimum atomic E-state index is -0.463. The molecule has 3 rings (SSSR count). The van der Waals surface area contributed by atoms with Crippen molar-refractivity contribution in [2.75, 3.05) is 36.0 Å². The van der Waals surface area contributed by atoms with Crippen LogP contribution in [-0.4, -0.2) is 46.3 Å². The summed E-state index contributed by atoms with van der Waals surface area (Å²) < 4.78 is 12.8. The van der Waals surface area contributed by atoms with Gasteiger partial charge in [-0.1, -0.05) is 11.6 Å². The van der Waals surface area contributed by atoms with Gasteiger partial charge in [0.15, 0.2) is 11.0 Å². The molecule has 0 spiro atoms. The molecule has 0 bridgehead atoms. The summed E-state index contributed by atoms with van der Waals surface area (Å²) in [6.07, 6.45) is 2.28. The molecule has 1 aliphatic rings. The first kappa shape index (κ1) is 13.7. The molecule has 110 valence electrons. The van der Waals surface area contributed by atoms with E-state index in [1.165, 1.54) is 0 Å². The van der Waals surface area contributed by atoms with Crippen molar-refractivity contribution >= 4 is 23.2 Å². The molecule has 0 unspecified atom stereocenters. The van der Waals surface area contributed by atoms with Crippen LogP contribution in [0.4, 0.5) is 16.0 Å². The van der Waals surface area contributed by atoms with Crippen LogP contribution in [0.1, 0.15) is 0 Å². The number of rotatable bonds is 2. The molecule has 3 heterocycles. The van der Waals surface area contributed by atoms with E-state index < -0.39 is 5.82 Å². The van der Waals surface area contributed by atoms with Crippen molar-refractivity contribution in [2.45, 2.75) is 0 Å². The number of hydrogen-bond donors (Lipinski definition) is 1. The molecule has 1 aliphatic heterocycles. The Morgan fingerprint density at radius 3 is 2.43 bits per heavy atom. The van der Waals surface area contributed by atoms with Crippen LogP contribution < -0.4 is 15.4 Å². The maximum atomic E-state index is 12.8. The Kier molecular flexibility index (Phi) is 3.70. The standard InChI is InChI=1S/C12H12ClFN6O/c13-10-5-9(11(21)18-17-10)19-1-3-20(4-2-19)12-15-6-8(14)7-16-12/h5-7H,1-4H2,(H,18,21). The normalized spacial score (nSPS) is 15.3. The third-order valence-electron chi connectivity index (χ3n) is 3.26. The van der Waals surface area contributed by atoms with Gasteiger partial charge in [0, 0.05) is 32.2 Å². The number of hydrogen-bond acceptors (Lipinski definition) is 6. The summed E-state index contributed by atoms with van der Waals surface area (Å²) in [7, 11) is 0. The average molecular weight is 311 g/mol. The quantitative estimate of drug-likeness (QED) is 0.879. The predicted octanol–water partition coefficient (Wildman–Crippen LogP) is 0.679. The lowest BCUT2D eigenvalue weighted by Crippen LogP contribution is -2.48. The van der Waals surface area contributed by atoms with Gasteiger partial charge in [0.25, 0.3) is 5.56 Å². The van der Waals surface area contributed by atoms with Crippen molar-refractivity contribution in [3.63, 3.8) is 0 Å². The second kappa shape index (κ2) is 5.65. The van der Waals surface area contributed by atoms with Gasteiger partial charge in [0.2, 0.25) is 5.95 Å². The van der Waals surface area contributed by atoms with E-state index in [2.05, 4.69) is 20.2 Å². The summed E-state index contributed by atoms with van der Waals surface area (Å²) in [6.45, 7) is 2.49. The Balaban J connectivity index is 1.71. The lowest BCUT2D eigenvalue weighted by Gasteiger charge is -2.35. The van der Waals surface area contributed by atoms with Crippen LogP contribution in [0.3, 0.4) is 0 Å². The van der Waals surface area contributed by atoms with Gasteiger partial charge in [-0.2, -0.15) is 5.10 Å². The summed E-state index contributed by atoms with van der Waals surface area (Å²) >= 11 is 5.80. The number of piperazine rings is 1. The van der Waals surface area contributed by atoms with E-state index in [-0.39, 0.29) is 10.7 Å². The first-order valence-corrected chi connectivity index (χ1v) is 6.74. The molecule has 1 fully saturated rings. The van der Waals surface area contributed by atoms with Gasteiger partial charge >= 0.3 is 0 Å². The predicted molar refractivity (Wildman–Crippen MR) is 76.3 cm³/mol. The van der Waals surface area contributed by atoms with E-state index in [0.717, 1.165) is 12.4 Å². The fraction of sp³-hybridized carbons (Fsp3) is 0.333. The number of aromatic nitrogens is 4. The maximum Gasteiger partial charge on any atom is 0.287 e. The van der Waals surface area contributed by atoms with Crippen LogP contribution in [0, 0.1) is 5.82 Å². The number of halogens is 2. The zero-order valence-corrected chi connectivity index (χ0v) is 11.7. The Morgan fingerprint density at radius 2 is 1.76 bits per heavy atom. The highest BCUT2D eigenvalue weighted by atomic mass is 35.5. The van der Waals surface area contributed by atoms with Gasteiger partial charge in [-0.15, -0.1) is 0 Å². The summed E-state index contributed by atoms with van der Waals surface area (Å²) in [5.41, 5.74) is 0.223. The van der Waals surface area contributed by atoms with Gasteiger partial charge in [-0.05, 0) is 0 Å². The van der Waals surface area contributed by atoms with E-state index in [9.17, 15) is 9.18 Å². The van der Waals surface area contributed by atoms with Crippen LogP contribution in [0.15, 0.2) is 23.3 Å². The summed E-state index contributed by atoms with van der Waals surface area (Å²) in [5.74, 6) is 0.0214. The Labute approximate surface area is 124 Å². The molecule has 0 saturated carbocycles. The van der Waals surface area contributed by atoms with Gasteiger partial charge in [-0.25, -0.2) is 19.5 Å². The topological polar surface area (TPSA) is 78.0 Å². The van der Waals surface area contributed by atoms with E-state index in [4.69, 9.17) is 11.6 Å². The molecule has 0 aromatic carbocycles. The van der Waals surface area contributed by atoms with Crippen molar-refractivity contribution in [3.05, 3.63) is 39.8 Å². The van der Waals surface area contributed by atoms with Crippen molar-refractivity contribution in [2.24, 2.45) is 0 Å². The number of anilines is 2. The summed E-state index contributed by atoms with van der Waals surface area (Å²) in [5, 5.41) is 6.24. The van der Waals surface area contributed by atoms with Crippen molar-refractivity contribution < 1.29 is 4.39 Å². The van der Waals surface area contributed by atoms with E-state index in [1.54, 1.807) is 6.07 Å². The molecule has 0 atom stereocenters. The largest absolute Gasteiger partial charge is 0.363 e. The van der Waals surface area contributed by atoms with Gasteiger partial charge in [-0.3, -0.25) is 4.79 Å². The highest BCUT2D eigenvalue weighted by molar-refractivity contribution is 6.29. The zero-order valence-electron chi connectivity index (χ0n) is 11.0. The number of aromatic amines is 1. The first-order chi connectivity index (χ1) is 10.1. The van der Waals surface area contributed by atoms with Crippen molar-refractivity contribution in [1.82, 2.24) is 20.2 Å². The minimum Gasteiger partial charge on any atom is -0.363 e. The number of nitrogens with one attached hydrogen (secondary N) is 1. The second-order valence-electron chi connectivity index (χ2n) is 4.58. The van der Waals surface area contributed by atoms with Crippen LogP contribution in [0.25, 0.3) is 0 Å². The SMILES string of the molecule is O=c1[nH]nc(Cl)cc1N1CCN(c2ncc(F)cn2)CC1. The lowest BCUT2D eigenvalue weighted by molar-refractivity contribution is 0.602. The van der Waals surface area contributed by atoms with Crippen LogP contribution in [-0.2, 0) is 0 Å². The fourth-order valence-corrected chi connectivity index (χ4v) is 2.37. The molecule has 21 heavy (non-hydrogen) atoms. The molecule has 0 aliphatic carbocycles. The van der Waals surface area contributed by atoms with Gasteiger partial charge in [0.05, 0.1) is 12.4 Å². The monoisotopic (exact) mass is 310 g/mol. The molecule has 1 N–H and O–H groups in total. The third-order valence-corrected chi connectivity index (χ3v) is 3.46. The minimum absolute atomic E-state index is 0.244. The Bertz CT molecular complexity index is 683. The highest BCUT2D eigenvalue weighted by Crippen LogP contribution is 2.16. The lowest BCUT2D eigenvalue weighted by atomic mass is 10.3. The molecule has 9 heteroatoms. The molecule has 1 saturated heterocycles. The first-order valence-electron chi connectivity index (χ1n) is 6.36. The zero-order chi connectivity index (χ0) is 14.8.